The van der Waals surface area contributed by atoms with Crippen molar-refractivity contribution < 1.29 is 22.7 Å². The molecule has 0 amide bonds. The molecule has 1 rings (SSSR count). The Kier molecular flexibility index (Phi) is 3.79. The van der Waals surface area contributed by atoms with E-state index in [4.69, 9.17) is 5.73 Å². The Morgan fingerprint density at radius 1 is 1.44 bits per heavy atom. The van der Waals surface area contributed by atoms with Crippen LogP contribution in [0, 0.1) is 0 Å². The predicted molar refractivity (Wildman–Crippen MR) is 55.7 cm³/mol. The molecule has 16 heavy (non-hydrogen) atoms. The second kappa shape index (κ2) is 4.73. The van der Waals surface area contributed by atoms with Crippen molar-refractivity contribution in [1.82, 2.24) is 0 Å². The van der Waals surface area contributed by atoms with Crippen LogP contribution in [0.5, 0.6) is 5.75 Å². The van der Waals surface area contributed by atoms with Gasteiger partial charge in [-0.15, -0.1) is 13.2 Å². The van der Waals surface area contributed by atoms with E-state index < -0.39 is 17.9 Å². The minimum Gasteiger partial charge on any atom is -0.405 e. The Morgan fingerprint density at radius 3 is 2.56 bits per heavy atom. The molecule has 0 saturated heterocycles. The van der Waals surface area contributed by atoms with Gasteiger partial charge in [-0.1, -0.05) is 22.0 Å². The molecule has 2 N–H and O–H groups in total. The van der Waals surface area contributed by atoms with Crippen molar-refractivity contribution in [3.8, 4) is 5.75 Å². The van der Waals surface area contributed by atoms with Gasteiger partial charge in [-0.05, 0) is 12.1 Å². The molecular formula is C9H7BrF3NO2. The van der Waals surface area contributed by atoms with Crippen LogP contribution in [-0.2, 0) is 0 Å². The highest BCUT2D eigenvalue weighted by Gasteiger charge is 2.33. The van der Waals surface area contributed by atoms with Crippen LogP contribution in [0.4, 0.5) is 18.9 Å². The number of alkyl halides is 4. The second-order valence-corrected chi connectivity index (χ2v) is 3.39. The van der Waals surface area contributed by atoms with Gasteiger partial charge in [-0.3, -0.25) is 4.79 Å². The van der Waals surface area contributed by atoms with Crippen molar-refractivity contribution >= 4 is 27.4 Å². The van der Waals surface area contributed by atoms with E-state index in [1.165, 1.54) is 12.1 Å². The Hall–Kier alpha value is -1.24. The summed E-state index contributed by atoms with van der Waals surface area (Å²) in [5, 5.41) is -0.130. The fraction of sp³-hybridized carbons (Fsp3) is 0.222. The van der Waals surface area contributed by atoms with Crippen molar-refractivity contribution in [2.45, 2.75) is 6.36 Å². The van der Waals surface area contributed by atoms with Gasteiger partial charge in [0.1, 0.15) is 5.75 Å². The topological polar surface area (TPSA) is 52.3 Å². The van der Waals surface area contributed by atoms with Crippen LogP contribution in [0.3, 0.4) is 0 Å². The number of halogens is 4. The lowest BCUT2D eigenvalue weighted by Crippen LogP contribution is -2.20. The molecule has 0 bridgehead atoms. The maximum Gasteiger partial charge on any atom is 0.573 e. The zero-order valence-electron chi connectivity index (χ0n) is 7.84. The monoisotopic (exact) mass is 297 g/mol. The second-order valence-electron chi connectivity index (χ2n) is 2.82. The number of benzene rings is 1. The molecule has 0 aliphatic carbocycles. The first-order chi connectivity index (χ1) is 7.35. The van der Waals surface area contributed by atoms with Gasteiger partial charge in [0.25, 0.3) is 0 Å². The van der Waals surface area contributed by atoms with E-state index in [1.807, 2.05) is 0 Å². The highest BCUT2D eigenvalue weighted by Crippen LogP contribution is 2.30. The molecule has 1 aromatic carbocycles. The summed E-state index contributed by atoms with van der Waals surface area (Å²) < 4.78 is 39.8. The van der Waals surface area contributed by atoms with Crippen molar-refractivity contribution in [3.05, 3.63) is 23.8 Å². The summed E-state index contributed by atoms with van der Waals surface area (Å²) in [6, 6.07) is 3.65. The lowest BCUT2D eigenvalue weighted by atomic mass is 10.1. The van der Waals surface area contributed by atoms with Gasteiger partial charge in [-0.2, -0.15) is 0 Å². The van der Waals surface area contributed by atoms with Crippen LogP contribution in [0.25, 0.3) is 0 Å². The number of hydrogen-bond donors (Lipinski definition) is 1. The number of nitrogen functional groups attached to an aromatic ring is 1. The SMILES string of the molecule is Nc1cccc(OC(F)(F)F)c1C(=O)CBr. The summed E-state index contributed by atoms with van der Waals surface area (Å²) in [4.78, 5) is 11.4. The standard InChI is InChI=1S/C9H7BrF3NO2/c10-4-6(15)8-5(14)2-1-3-7(8)16-9(11,12)13/h1-3H,4,14H2. The van der Waals surface area contributed by atoms with E-state index in [0.29, 0.717) is 0 Å². The summed E-state index contributed by atoms with van der Waals surface area (Å²) in [6.45, 7) is 0. The van der Waals surface area contributed by atoms with Crippen molar-refractivity contribution in [3.63, 3.8) is 0 Å². The molecule has 0 aliphatic rings. The van der Waals surface area contributed by atoms with Gasteiger partial charge < -0.3 is 10.5 Å². The molecule has 88 valence electrons. The maximum absolute atomic E-state index is 12.0. The average Bonchev–Trinajstić information content (AvgIpc) is 2.14. The summed E-state index contributed by atoms with van der Waals surface area (Å²) in [5.41, 5.74) is 5.11. The molecule has 0 spiro atoms. The zero-order valence-corrected chi connectivity index (χ0v) is 9.43. The number of anilines is 1. The third-order valence-electron chi connectivity index (χ3n) is 1.68. The number of ether oxygens (including phenoxy) is 1. The highest BCUT2D eigenvalue weighted by atomic mass is 79.9. The lowest BCUT2D eigenvalue weighted by Gasteiger charge is -2.13. The lowest BCUT2D eigenvalue weighted by molar-refractivity contribution is -0.274. The van der Waals surface area contributed by atoms with E-state index in [-0.39, 0.29) is 16.6 Å². The van der Waals surface area contributed by atoms with Crippen LogP contribution in [0.1, 0.15) is 10.4 Å². The summed E-state index contributed by atoms with van der Waals surface area (Å²) >= 11 is 2.86. The third-order valence-corrected chi connectivity index (χ3v) is 2.19. The fourth-order valence-electron chi connectivity index (χ4n) is 1.12. The van der Waals surface area contributed by atoms with Crippen LogP contribution in [-0.4, -0.2) is 17.5 Å². The first-order valence-corrected chi connectivity index (χ1v) is 5.20. The summed E-state index contributed by atoms with van der Waals surface area (Å²) in [6.07, 6.45) is -4.85. The maximum atomic E-state index is 12.0. The normalized spacial score (nSPS) is 11.2. The smallest absolute Gasteiger partial charge is 0.405 e. The first-order valence-electron chi connectivity index (χ1n) is 4.08. The number of carbonyl (C=O) groups is 1. The van der Waals surface area contributed by atoms with Crippen LogP contribution in [0.2, 0.25) is 0 Å². The van der Waals surface area contributed by atoms with Crippen molar-refractivity contribution in [2.24, 2.45) is 0 Å². The molecule has 0 aromatic heterocycles. The van der Waals surface area contributed by atoms with E-state index in [0.717, 1.165) is 6.07 Å². The first kappa shape index (κ1) is 12.8. The molecule has 0 atom stereocenters. The van der Waals surface area contributed by atoms with Crippen LogP contribution < -0.4 is 10.5 Å². The average molecular weight is 298 g/mol. The zero-order chi connectivity index (χ0) is 12.3. The molecule has 0 saturated carbocycles. The van der Waals surface area contributed by atoms with Gasteiger partial charge in [0, 0.05) is 5.69 Å². The fourth-order valence-corrected chi connectivity index (χ4v) is 1.40. The minimum absolute atomic E-state index is 0.0498. The van der Waals surface area contributed by atoms with Gasteiger partial charge in [0.05, 0.1) is 10.9 Å². The van der Waals surface area contributed by atoms with Crippen molar-refractivity contribution in [2.75, 3.05) is 11.1 Å². The third kappa shape index (κ3) is 3.13. The summed E-state index contributed by atoms with van der Waals surface area (Å²) in [7, 11) is 0. The Bertz CT molecular complexity index is 406. The Balaban J connectivity index is 3.18. The number of Topliss-reactive ketones (excluding diaryl/α,β-unsaturated/α-hetero) is 1. The Labute approximate surface area is 97.5 Å². The summed E-state index contributed by atoms with van der Waals surface area (Å²) in [5.74, 6) is -1.16. The van der Waals surface area contributed by atoms with Gasteiger partial charge in [0.15, 0.2) is 5.78 Å². The van der Waals surface area contributed by atoms with Crippen molar-refractivity contribution in [1.29, 1.82) is 0 Å². The molecule has 7 heteroatoms. The van der Waals surface area contributed by atoms with Crippen LogP contribution >= 0.6 is 15.9 Å². The number of nitrogens with two attached hydrogens (primary N) is 1. The molecule has 0 heterocycles. The molecule has 0 radical (unpaired) electrons. The number of carbonyl (C=O) groups excluding carboxylic acids is 1. The van der Waals surface area contributed by atoms with E-state index >= 15 is 0 Å². The van der Waals surface area contributed by atoms with E-state index in [2.05, 4.69) is 20.7 Å². The number of hydrogen-bond acceptors (Lipinski definition) is 3. The largest absolute Gasteiger partial charge is 0.573 e. The number of ketones is 1. The molecular weight excluding hydrogens is 291 g/mol. The molecule has 0 aliphatic heterocycles. The predicted octanol–water partition coefficient (Wildman–Crippen LogP) is 2.75. The van der Waals surface area contributed by atoms with Gasteiger partial charge in [-0.25, -0.2) is 0 Å². The number of rotatable bonds is 3. The molecule has 0 unspecified atom stereocenters. The molecule has 1 aromatic rings. The van der Waals surface area contributed by atoms with E-state index in [1.54, 1.807) is 0 Å². The van der Waals surface area contributed by atoms with Gasteiger partial charge >= 0.3 is 6.36 Å². The minimum atomic E-state index is -4.85. The highest BCUT2D eigenvalue weighted by molar-refractivity contribution is 9.09. The van der Waals surface area contributed by atoms with E-state index in [9.17, 15) is 18.0 Å². The quantitative estimate of drug-likeness (QED) is 0.530. The molecule has 3 nitrogen and oxygen atoms in total. The Morgan fingerprint density at radius 2 is 2.06 bits per heavy atom. The van der Waals surface area contributed by atoms with Crippen LogP contribution in [0.15, 0.2) is 18.2 Å². The molecule has 0 fully saturated rings. The van der Waals surface area contributed by atoms with Gasteiger partial charge in [0.2, 0.25) is 0 Å².